The first-order valence-electron chi connectivity index (χ1n) is 6.60. The number of benzene rings is 1. The molecule has 2 rings (SSSR count). The minimum Gasteiger partial charge on any atom is -0.372 e. The zero-order valence-electron chi connectivity index (χ0n) is 10.8. The quantitative estimate of drug-likeness (QED) is 0.724. The Balaban J connectivity index is 1.95. The summed E-state index contributed by atoms with van der Waals surface area (Å²) < 4.78 is 0. The molecule has 0 bridgehead atoms. The zero-order valence-corrected chi connectivity index (χ0v) is 11.6. The average molecular weight is 252 g/mol. The van der Waals surface area contributed by atoms with Crippen LogP contribution < -0.4 is 4.90 Å². The van der Waals surface area contributed by atoms with Crippen molar-refractivity contribution >= 4 is 17.3 Å². The van der Waals surface area contributed by atoms with E-state index < -0.39 is 0 Å². The number of hydrogen-bond acceptors (Lipinski definition) is 1. The number of anilines is 1. The molecule has 94 valence electrons. The van der Waals surface area contributed by atoms with Gasteiger partial charge in [0.2, 0.25) is 0 Å². The third-order valence-corrected chi connectivity index (χ3v) is 4.25. The molecule has 2 heteroatoms. The SMILES string of the molecule is CC(C)C1CCN(c2ccc(CCl)cc2)CC1. The maximum absolute atomic E-state index is 5.81. The zero-order chi connectivity index (χ0) is 12.3. The fourth-order valence-corrected chi connectivity index (χ4v) is 2.80. The van der Waals surface area contributed by atoms with Gasteiger partial charge in [0, 0.05) is 24.7 Å². The molecule has 0 aliphatic carbocycles. The summed E-state index contributed by atoms with van der Waals surface area (Å²) in [5, 5.41) is 0. The molecule has 0 spiro atoms. The van der Waals surface area contributed by atoms with Crippen LogP contribution in [0.2, 0.25) is 0 Å². The van der Waals surface area contributed by atoms with E-state index in [1.807, 2.05) is 0 Å². The molecule has 0 unspecified atom stereocenters. The van der Waals surface area contributed by atoms with Gasteiger partial charge in [-0.1, -0.05) is 26.0 Å². The van der Waals surface area contributed by atoms with Crippen molar-refractivity contribution in [3.05, 3.63) is 29.8 Å². The van der Waals surface area contributed by atoms with Crippen molar-refractivity contribution in [1.29, 1.82) is 0 Å². The first kappa shape index (κ1) is 12.8. The summed E-state index contributed by atoms with van der Waals surface area (Å²) in [5.41, 5.74) is 2.55. The largest absolute Gasteiger partial charge is 0.372 e. The molecule has 0 atom stereocenters. The van der Waals surface area contributed by atoms with Gasteiger partial charge in [-0.25, -0.2) is 0 Å². The monoisotopic (exact) mass is 251 g/mol. The predicted molar refractivity (Wildman–Crippen MR) is 75.8 cm³/mol. The van der Waals surface area contributed by atoms with E-state index in [0.29, 0.717) is 5.88 Å². The lowest BCUT2D eigenvalue weighted by atomic mass is 9.86. The molecule has 1 heterocycles. The van der Waals surface area contributed by atoms with E-state index in [1.54, 1.807) is 0 Å². The summed E-state index contributed by atoms with van der Waals surface area (Å²) in [7, 11) is 0. The van der Waals surface area contributed by atoms with Crippen LogP contribution >= 0.6 is 11.6 Å². The molecule has 0 amide bonds. The Morgan fingerprint density at radius 1 is 1.18 bits per heavy atom. The van der Waals surface area contributed by atoms with Crippen molar-refractivity contribution in [2.24, 2.45) is 11.8 Å². The lowest BCUT2D eigenvalue weighted by molar-refractivity contribution is 0.311. The van der Waals surface area contributed by atoms with Crippen LogP contribution in [0.15, 0.2) is 24.3 Å². The van der Waals surface area contributed by atoms with E-state index in [9.17, 15) is 0 Å². The van der Waals surface area contributed by atoms with Gasteiger partial charge < -0.3 is 4.90 Å². The van der Waals surface area contributed by atoms with E-state index in [2.05, 4.69) is 43.0 Å². The summed E-state index contributed by atoms with van der Waals surface area (Å²) in [6, 6.07) is 8.68. The van der Waals surface area contributed by atoms with Gasteiger partial charge in [0.1, 0.15) is 0 Å². The van der Waals surface area contributed by atoms with Gasteiger partial charge >= 0.3 is 0 Å². The second-order valence-electron chi connectivity index (χ2n) is 5.37. The van der Waals surface area contributed by atoms with Gasteiger partial charge in [0.15, 0.2) is 0 Å². The fourth-order valence-electron chi connectivity index (χ4n) is 2.62. The maximum atomic E-state index is 5.81. The number of nitrogens with zero attached hydrogens (tertiary/aromatic N) is 1. The van der Waals surface area contributed by atoms with Crippen LogP contribution in [-0.2, 0) is 5.88 Å². The minimum absolute atomic E-state index is 0.607. The summed E-state index contributed by atoms with van der Waals surface area (Å²) in [4.78, 5) is 2.50. The van der Waals surface area contributed by atoms with E-state index in [-0.39, 0.29) is 0 Å². The van der Waals surface area contributed by atoms with Gasteiger partial charge in [-0.2, -0.15) is 0 Å². The lowest BCUT2D eigenvalue weighted by Gasteiger charge is -2.35. The summed E-state index contributed by atoms with van der Waals surface area (Å²) >= 11 is 5.81. The highest BCUT2D eigenvalue weighted by molar-refractivity contribution is 6.17. The first-order chi connectivity index (χ1) is 8.20. The van der Waals surface area contributed by atoms with Gasteiger partial charge in [0.05, 0.1) is 0 Å². The third kappa shape index (κ3) is 3.16. The van der Waals surface area contributed by atoms with Crippen LogP contribution in [0.4, 0.5) is 5.69 Å². The minimum atomic E-state index is 0.607. The molecule has 1 aromatic rings. The highest BCUT2D eigenvalue weighted by Gasteiger charge is 2.21. The molecule has 0 saturated carbocycles. The molecule has 1 saturated heterocycles. The number of halogens is 1. The number of piperidine rings is 1. The second-order valence-corrected chi connectivity index (χ2v) is 5.64. The van der Waals surface area contributed by atoms with E-state index >= 15 is 0 Å². The molecule has 0 N–H and O–H groups in total. The summed E-state index contributed by atoms with van der Waals surface area (Å²) in [6.45, 7) is 7.08. The Morgan fingerprint density at radius 3 is 2.24 bits per heavy atom. The van der Waals surface area contributed by atoms with Crippen molar-refractivity contribution in [1.82, 2.24) is 0 Å². The topological polar surface area (TPSA) is 3.24 Å². The van der Waals surface area contributed by atoms with E-state index in [4.69, 9.17) is 11.6 Å². The summed E-state index contributed by atoms with van der Waals surface area (Å²) in [6.07, 6.45) is 2.66. The molecule has 1 aromatic carbocycles. The molecular formula is C15H22ClN. The Bertz CT molecular complexity index is 336. The van der Waals surface area contributed by atoms with Crippen LogP contribution in [0, 0.1) is 11.8 Å². The molecule has 1 aliphatic heterocycles. The van der Waals surface area contributed by atoms with Gasteiger partial charge in [-0.05, 0) is 42.4 Å². The van der Waals surface area contributed by atoms with Gasteiger partial charge in [-0.15, -0.1) is 11.6 Å². The smallest absolute Gasteiger partial charge is 0.0474 e. The van der Waals surface area contributed by atoms with Crippen LogP contribution in [0.5, 0.6) is 0 Å². The van der Waals surface area contributed by atoms with Crippen molar-refractivity contribution in [2.75, 3.05) is 18.0 Å². The lowest BCUT2D eigenvalue weighted by Crippen LogP contribution is -2.35. The van der Waals surface area contributed by atoms with Crippen molar-refractivity contribution in [3.63, 3.8) is 0 Å². The standard InChI is InChI=1S/C15H22ClN/c1-12(2)14-7-9-17(10-8-14)15-5-3-13(11-16)4-6-15/h3-6,12,14H,7-11H2,1-2H3. The molecule has 1 aliphatic rings. The molecule has 0 aromatic heterocycles. The van der Waals surface area contributed by atoms with Crippen molar-refractivity contribution in [2.45, 2.75) is 32.6 Å². The Hall–Kier alpha value is -0.690. The number of hydrogen-bond donors (Lipinski definition) is 0. The van der Waals surface area contributed by atoms with Crippen molar-refractivity contribution in [3.8, 4) is 0 Å². The number of alkyl halides is 1. The van der Waals surface area contributed by atoms with Crippen molar-refractivity contribution < 1.29 is 0 Å². The normalized spacial score (nSPS) is 17.8. The Kier molecular flexibility index (Phi) is 4.33. The fraction of sp³-hybridized carbons (Fsp3) is 0.600. The predicted octanol–water partition coefficient (Wildman–Crippen LogP) is 4.30. The molecule has 1 fully saturated rings. The van der Waals surface area contributed by atoms with Crippen LogP contribution in [0.3, 0.4) is 0 Å². The first-order valence-corrected chi connectivity index (χ1v) is 7.14. The second kappa shape index (κ2) is 5.77. The van der Waals surface area contributed by atoms with Crippen LogP contribution in [0.25, 0.3) is 0 Å². The Morgan fingerprint density at radius 2 is 1.76 bits per heavy atom. The maximum Gasteiger partial charge on any atom is 0.0474 e. The van der Waals surface area contributed by atoms with E-state index in [1.165, 1.54) is 37.2 Å². The molecular weight excluding hydrogens is 230 g/mol. The van der Waals surface area contributed by atoms with Crippen LogP contribution in [-0.4, -0.2) is 13.1 Å². The number of rotatable bonds is 3. The third-order valence-electron chi connectivity index (χ3n) is 3.94. The van der Waals surface area contributed by atoms with Gasteiger partial charge in [0.25, 0.3) is 0 Å². The van der Waals surface area contributed by atoms with Gasteiger partial charge in [-0.3, -0.25) is 0 Å². The summed E-state index contributed by atoms with van der Waals surface area (Å²) in [5.74, 6) is 2.35. The van der Waals surface area contributed by atoms with E-state index in [0.717, 1.165) is 11.8 Å². The highest BCUT2D eigenvalue weighted by Crippen LogP contribution is 2.27. The Labute approximate surface area is 110 Å². The average Bonchev–Trinajstić information content (AvgIpc) is 2.39. The highest BCUT2D eigenvalue weighted by atomic mass is 35.5. The molecule has 0 radical (unpaired) electrons. The van der Waals surface area contributed by atoms with Crippen LogP contribution in [0.1, 0.15) is 32.3 Å². The molecule has 1 nitrogen and oxygen atoms in total. The molecule has 17 heavy (non-hydrogen) atoms.